The second kappa shape index (κ2) is 7.21. The number of hydrogen-bond acceptors (Lipinski definition) is 4. The lowest BCUT2D eigenvalue weighted by molar-refractivity contribution is 0.298. The molecule has 0 radical (unpaired) electrons. The number of rotatable bonds is 4. The van der Waals surface area contributed by atoms with Crippen molar-refractivity contribution in [2.24, 2.45) is 0 Å². The molecule has 0 unspecified atom stereocenters. The number of nitrogens with zero attached hydrogens (tertiary/aromatic N) is 4. The molecular weight excluding hydrogens is 416 g/mol. The summed E-state index contributed by atoms with van der Waals surface area (Å²) in [6.45, 7) is -0.333. The SMILES string of the molecule is O=c1c(Cl)c(OCc2ccc(F)cc2F)ccn1-c1c(F)ccc2nnn(F)c12. The van der Waals surface area contributed by atoms with Crippen molar-refractivity contribution < 1.29 is 22.4 Å². The van der Waals surface area contributed by atoms with Crippen LogP contribution in [0.3, 0.4) is 0 Å². The van der Waals surface area contributed by atoms with Gasteiger partial charge in [0.25, 0.3) is 5.56 Å². The summed E-state index contributed by atoms with van der Waals surface area (Å²) in [6.07, 6.45) is 1.12. The highest BCUT2D eigenvalue weighted by Gasteiger charge is 2.20. The molecule has 2 aromatic heterocycles. The number of ether oxygens (including phenoxy) is 1. The van der Waals surface area contributed by atoms with Gasteiger partial charge in [-0.25, -0.2) is 13.2 Å². The van der Waals surface area contributed by atoms with Crippen molar-refractivity contribution in [1.82, 2.24) is 19.8 Å². The maximum Gasteiger partial charge on any atom is 0.277 e. The first-order chi connectivity index (χ1) is 13.9. The van der Waals surface area contributed by atoms with Crippen molar-refractivity contribution in [2.75, 3.05) is 0 Å². The molecule has 4 rings (SSSR count). The monoisotopic (exact) mass is 424 g/mol. The summed E-state index contributed by atoms with van der Waals surface area (Å²) in [5.41, 5.74) is -1.63. The van der Waals surface area contributed by atoms with Gasteiger partial charge in [-0.1, -0.05) is 21.0 Å². The van der Waals surface area contributed by atoms with Crippen molar-refractivity contribution in [3.63, 3.8) is 0 Å². The van der Waals surface area contributed by atoms with Crippen LogP contribution < -0.4 is 10.3 Å². The van der Waals surface area contributed by atoms with E-state index in [0.717, 1.165) is 22.9 Å². The Morgan fingerprint density at radius 2 is 1.86 bits per heavy atom. The van der Waals surface area contributed by atoms with Crippen molar-refractivity contribution in [1.29, 1.82) is 0 Å². The van der Waals surface area contributed by atoms with E-state index in [0.29, 0.717) is 6.07 Å². The largest absolute Gasteiger partial charge is 0.487 e. The Morgan fingerprint density at radius 3 is 2.62 bits per heavy atom. The van der Waals surface area contributed by atoms with Gasteiger partial charge in [0.15, 0.2) is 5.52 Å². The summed E-state index contributed by atoms with van der Waals surface area (Å²) in [5, 5.41) is 6.26. The zero-order chi connectivity index (χ0) is 20.7. The van der Waals surface area contributed by atoms with E-state index in [1.807, 2.05) is 0 Å². The molecule has 0 aliphatic heterocycles. The van der Waals surface area contributed by atoms with Crippen LogP contribution in [0.4, 0.5) is 17.7 Å². The zero-order valence-electron chi connectivity index (χ0n) is 14.2. The number of aromatic nitrogens is 4. The van der Waals surface area contributed by atoms with Crippen LogP contribution in [-0.2, 0) is 6.61 Å². The van der Waals surface area contributed by atoms with Crippen LogP contribution in [0.5, 0.6) is 5.75 Å². The Hall–Kier alpha value is -3.40. The molecule has 6 nitrogen and oxygen atoms in total. The summed E-state index contributed by atoms with van der Waals surface area (Å²) < 4.78 is 61.1. The van der Waals surface area contributed by atoms with E-state index in [1.165, 1.54) is 18.2 Å². The summed E-state index contributed by atoms with van der Waals surface area (Å²) in [6, 6.07) is 6.38. The standard InChI is InChI=1S/C18H9ClF4N4O2/c19-15-14(29-8-9-1-2-10(20)7-12(9)22)5-6-26(18(15)28)16-11(21)3-4-13-17(16)27(23)25-24-13/h1-7H,8H2. The molecule has 4 aromatic rings. The molecule has 0 bridgehead atoms. The molecule has 0 aliphatic carbocycles. The first-order valence-corrected chi connectivity index (χ1v) is 8.43. The Balaban J connectivity index is 1.73. The predicted molar refractivity (Wildman–Crippen MR) is 95.3 cm³/mol. The topological polar surface area (TPSA) is 61.9 Å². The lowest BCUT2D eigenvalue weighted by Gasteiger charge is -2.12. The summed E-state index contributed by atoms with van der Waals surface area (Å²) in [7, 11) is 0. The number of fused-ring (bicyclic) bond motifs is 1. The van der Waals surface area contributed by atoms with Gasteiger partial charge >= 0.3 is 0 Å². The van der Waals surface area contributed by atoms with Gasteiger partial charge in [-0.15, -0.1) is 5.10 Å². The van der Waals surface area contributed by atoms with E-state index in [2.05, 4.69) is 10.3 Å². The average Bonchev–Trinajstić information content (AvgIpc) is 3.06. The second-order valence-electron chi connectivity index (χ2n) is 5.91. The third-order valence-corrected chi connectivity index (χ3v) is 4.48. The first kappa shape index (κ1) is 18.9. The number of halogens is 5. The lowest BCUT2D eigenvalue weighted by atomic mass is 10.2. The molecular formula is C18H9ClF4N4O2. The third kappa shape index (κ3) is 3.31. The molecule has 0 atom stereocenters. The smallest absolute Gasteiger partial charge is 0.277 e. The number of pyridine rings is 1. The van der Waals surface area contributed by atoms with Crippen molar-refractivity contribution in [2.45, 2.75) is 6.61 Å². The molecule has 148 valence electrons. The van der Waals surface area contributed by atoms with Crippen LogP contribution in [-0.4, -0.2) is 19.8 Å². The number of hydrogen-bond donors (Lipinski definition) is 0. The minimum absolute atomic E-state index is 0.0269. The summed E-state index contributed by atoms with van der Waals surface area (Å²) in [5.74, 6) is -2.59. The molecule has 0 saturated heterocycles. The fraction of sp³-hybridized carbons (Fsp3) is 0.0556. The molecule has 2 aromatic carbocycles. The average molecular weight is 425 g/mol. The fourth-order valence-electron chi connectivity index (χ4n) is 2.74. The molecule has 0 amide bonds. The quantitative estimate of drug-likeness (QED) is 0.465. The highest BCUT2D eigenvalue weighted by molar-refractivity contribution is 6.31. The van der Waals surface area contributed by atoms with Gasteiger partial charge in [0.1, 0.15) is 46.0 Å². The van der Waals surface area contributed by atoms with Gasteiger partial charge in [-0.2, -0.15) is 0 Å². The van der Waals surface area contributed by atoms with E-state index in [1.54, 1.807) is 0 Å². The molecule has 2 heterocycles. The molecule has 0 saturated carbocycles. The minimum atomic E-state index is -0.906. The highest BCUT2D eigenvalue weighted by Crippen LogP contribution is 2.27. The Labute approximate surface area is 164 Å². The van der Waals surface area contributed by atoms with Crippen molar-refractivity contribution in [3.8, 4) is 11.4 Å². The van der Waals surface area contributed by atoms with Crippen LogP contribution in [0.2, 0.25) is 5.02 Å². The van der Waals surface area contributed by atoms with E-state index in [4.69, 9.17) is 16.3 Å². The van der Waals surface area contributed by atoms with E-state index in [-0.39, 0.29) is 33.9 Å². The normalized spacial score (nSPS) is 11.2. The molecule has 11 heteroatoms. The van der Waals surface area contributed by atoms with E-state index < -0.39 is 33.7 Å². The van der Waals surface area contributed by atoms with Crippen LogP contribution in [0.25, 0.3) is 16.7 Å². The molecule has 0 fully saturated rings. The Morgan fingerprint density at radius 1 is 1.07 bits per heavy atom. The molecule has 0 spiro atoms. The molecule has 0 N–H and O–H groups in total. The molecule has 29 heavy (non-hydrogen) atoms. The third-order valence-electron chi connectivity index (χ3n) is 4.13. The van der Waals surface area contributed by atoms with Gasteiger partial charge in [0.2, 0.25) is 0 Å². The Kier molecular flexibility index (Phi) is 4.71. The first-order valence-electron chi connectivity index (χ1n) is 8.05. The fourth-order valence-corrected chi connectivity index (χ4v) is 2.95. The predicted octanol–water partition coefficient (Wildman–Crippen LogP) is 3.96. The highest BCUT2D eigenvalue weighted by atomic mass is 35.5. The maximum atomic E-state index is 14.4. The van der Waals surface area contributed by atoms with Gasteiger partial charge in [-0.05, 0) is 35.5 Å². The summed E-state index contributed by atoms with van der Waals surface area (Å²) >= 11 is 6.03. The van der Waals surface area contributed by atoms with Gasteiger partial charge in [0.05, 0.1) is 0 Å². The van der Waals surface area contributed by atoms with Crippen LogP contribution >= 0.6 is 11.6 Å². The second-order valence-corrected chi connectivity index (χ2v) is 6.28. The van der Waals surface area contributed by atoms with E-state index in [9.17, 15) is 22.4 Å². The van der Waals surface area contributed by atoms with E-state index >= 15 is 0 Å². The van der Waals surface area contributed by atoms with Gasteiger partial charge in [0, 0.05) is 17.8 Å². The summed E-state index contributed by atoms with van der Waals surface area (Å²) in [4.78, 5) is 12.5. The Bertz CT molecular complexity index is 1310. The minimum Gasteiger partial charge on any atom is -0.487 e. The number of benzene rings is 2. The van der Waals surface area contributed by atoms with Gasteiger partial charge < -0.3 is 4.74 Å². The zero-order valence-corrected chi connectivity index (χ0v) is 15.0. The molecule has 0 aliphatic rings. The maximum absolute atomic E-state index is 14.4. The van der Waals surface area contributed by atoms with Crippen LogP contribution in [0.15, 0.2) is 47.4 Å². The van der Waals surface area contributed by atoms with Crippen molar-refractivity contribution in [3.05, 3.63) is 81.0 Å². The lowest BCUT2D eigenvalue weighted by Crippen LogP contribution is -2.20. The van der Waals surface area contributed by atoms with Crippen LogP contribution in [0, 0.1) is 17.5 Å². The van der Waals surface area contributed by atoms with Crippen molar-refractivity contribution >= 4 is 22.6 Å². The van der Waals surface area contributed by atoms with Gasteiger partial charge in [-0.3, -0.25) is 9.36 Å². The van der Waals surface area contributed by atoms with Crippen LogP contribution in [0.1, 0.15) is 5.56 Å².